The Kier molecular flexibility index (Phi) is 5.28. The molecule has 2 aromatic carbocycles. The molecule has 0 aliphatic carbocycles. The number of nitrogens with zero attached hydrogens (tertiary/aromatic N) is 4. The first-order chi connectivity index (χ1) is 15.0. The number of aromatic nitrogens is 2. The normalized spacial score (nSPS) is 21.9. The van der Waals surface area contributed by atoms with E-state index in [1.807, 2.05) is 35.0 Å². The van der Waals surface area contributed by atoms with Crippen molar-refractivity contribution in [2.24, 2.45) is 5.41 Å². The fourth-order valence-corrected chi connectivity index (χ4v) is 5.18. The van der Waals surface area contributed by atoms with Crippen molar-refractivity contribution in [2.75, 3.05) is 40.3 Å². The fraction of sp³-hybridized carbons (Fsp3) is 0.400. The summed E-state index contributed by atoms with van der Waals surface area (Å²) in [4.78, 5) is 4.95. The van der Waals surface area contributed by atoms with Gasteiger partial charge in [0.2, 0.25) is 0 Å². The van der Waals surface area contributed by atoms with Gasteiger partial charge in [-0.25, -0.2) is 9.07 Å². The fourth-order valence-electron chi connectivity index (χ4n) is 5.18. The van der Waals surface area contributed by atoms with Crippen LogP contribution in [0.1, 0.15) is 18.4 Å². The van der Waals surface area contributed by atoms with Gasteiger partial charge < -0.3 is 9.64 Å². The smallest absolute Gasteiger partial charge is 0.136 e. The van der Waals surface area contributed by atoms with Crippen LogP contribution in [0.5, 0.6) is 5.75 Å². The third-order valence-electron chi connectivity index (χ3n) is 6.78. The molecule has 0 saturated carbocycles. The van der Waals surface area contributed by atoms with Crippen LogP contribution in [0.3, 0.4) is 0 Å². The molecule has 5 rings (SSSR count). The van der Waals surface area contributed by atoms with Crippen molar-refractivity contribution in [3.05, 3.63) is 66.1 Å². The van der Waals surface area contributed by atoms with E-state index < -0.39 is 0 Å². The molecule has 0 unspecified atom stereocenters. The second-order valence-electron chi connectivity index (χ2n) is 9.08. The van der Waals surface area contributed by atoms with Crippen molar-refractivity contribution in [1.82, 2.24) is 19.6 Å². The van der Waals surface area contributed by atoms with E-state index in [1.54, 1.807) is 19.2 Å². The largest absolute Gasteiger partial charge is 0.497 e. The van der Waals surface area contributed by atoms with Crippen LogP contribution in [-0.2, 0) is 6.54 Å². The van der Waals surface area contributed by atoms with Crippen molar-refractivity contribution in [1.29, 1.82) is 0 Å². The summed E-state index contributed by atoms with van der Waals surface area (Å²) in [5.41, 5.74) is 3.65. The van der Waals surface area contributed by atoms with Gasteiger partial charge in [0.25, 0.3) is 0 Å². The topological polar surface area (TPSA) is 33.5 Å². The summed E-state index contributed by atoms with van der Waals surface area (Å²) in [5.74, 6) is 0.200. The van der Waals surface area contributed by atoms with E-state index in [9.17, 15) is 4.39 Å². The molecule has 162 valence electrons. The first-order valence-corrected chi connectivity index (χ1v) is 10.9. The molecule has 2 fully saturated rings. The van der Waals surface area contributed by atoms with E-state index >= 15 is 0 Å². The molecular weight excluding hydrogens is 391 g/mol. The molecule has 0 N–H and O–H groups in total. The van der Waals surface area contributed by atoms with Crippen LogP contribution in [0.15, 0.2) is 54.7 Å². The quantitative estimate of drug-likeness (QED) is 0.619. The number of hydrogen-bond acceptors (Lipinski definition) is 4. The van der Waals surface area contributed by atoms with Gasteiger partial charge in [-0.1, -0.05) is 18.2 Å². The monoisotopic (exact) mass is 420 g/mol. The SMILES string of the molecule is COc1ccc(-c2nn(-c3ccccc3)cc2CN2CC[C@]3(CCN(C)C3)C2)c(F)c1. The predicted molar refractivity (Wildman–Crippen MR) is 120 cm³/mol. The van der Waals surface area contributed by atoms with Gasteiger partial charge in [0, 0.05) is 43.0 Å². The summed E-state index contributed by atoms with van der Waals surface area (Å²) in [6.45, 7) is 5.31. The maximum Gasteiger partial charge on any atom is 0.136 e. The third-order valence-corrected chi connectivity index (χ3v) is 6.78. The standard InChI is InChI=1S/C25H29FN4O/c1-28-12-10-25(17-28)11-13-29(18-25)15-19-16-30(20-6-4-3-5-7-20)27-24(19)22-9-8-21(31-2)14-23(22)26/h3-9,14,16H,10-13,15,17-18H2,1-2H3/t25-/m0/s1. The highest BCUT2D eigenvalue weighted by Gasteiger charge is 2.42. The van der Waals surface area contributed by atoms with Crippen LogP contribution < -0.4 is 4.74 Å². The summed E-state index contributed by atoms with van der Waals surface area (Å²) < 4.78 is 22.0. The Labute approximate surface area is 183 Å². The molecule has 2 saturated heterocycles. The Morgan fingerprint density at radius 1 is 1.06 bits per heavy atom. The molecule has 6 heteroatoms. The predicted octanol–water partition coefficient (Wildman–Crippen LogP) is 4.21. The molecule has 3 aromatic rings. The lowest BCUT2D eigenvalue weighted by Crippen LogP contribution is -2.29. The summed E-state index contributed by atoms with van der Waals surface area (Å²) in [5, 5.41) is 4.81. The minimum absolute atomic E-state index is 0.311. The maximum absolute atomic E-state index is 15.0. The minimum atomic E-state index is -0.311. The molecule has 2 aliphatic rings. The average Bonchev–Trinajstić information content (AvgIpc) is 3.48. The van der Waals surface area contributed by atoms with Crippen LogP contribution >= 0.6 is 0 Å². The lowest BCUT2D eigenvalue weighted by molar-refractivity contribution is 0.251. The van der Waals surface area contributed by atoms with Gasteiger partial charge in [0.15, 0.2) is 0 Å². The first-order valence-electron chi connectivity index (χ1n) is 10.9. The number of benzene rings is 2. The molecule has 0 bridgehead atoms. The molecule has 0 amide bonds. The Morgan fingerprint density at radius 3 is 2.58 bits per heavy atom. The zero-order valence-electron chi connectivity index (χ0n) is 18.2. The van der Waals surface area contributed by atoms with E-state index in [0.29, 0.717) is 22.4 Å². The Morgan fingerprint density at radius 2 is 1.87 bits per heavy atom. The van der Waals surface area contributed by atoms with Crippen LogP contribution in [0.4, 0.5) is 4.39 Å². The van der Waals surface area contributed by atoms with Gasteiger partial charge in [-0.05, 0) is 62.7 Å². The van der Waals surface area contributed by atoms with E-state index in [0.717, 1.165) is 30.9 Å². The van der Waals surface area contributed by atoms with Crippen LogP contribution in [-0.4, -0.2) is 59.9 Å². The zero-order chi connectivity index (χ0) is 21.4. The zero-order valence-corrected chi connectivity index (χ0v) is 18.2. The van der Waals surface area contributed by atoms with E-state index in [1.165, 1.54) is 32.0 Å². The summed E-state index contributed by atoms with van der Waals surface area (Å²) >= 11 is 0. The van der Waals surface area contributed by atoms with Gasteiger partial charge in [0.1, 0.15) is 17.3 Å². The van der Waals surface area contributed by atoms with Crippen LogP contribution in [0, 0.1) is 11.2 Å². The number of para-hydroxylation sites is 1. The molecule has 5 nitrogen and oxygen atoms in total. The summed E-state index contributed by atoms with van der Waals surface area (Å²) in [7, 11) is 3.76. The number of ether oxygens (including phenoxy) is 1. The van der Waals surface area contributed by atoms with E-state index in [4.69, 9.17) is 9.84 Å². The number of likely N-dealkylation sites (tertiary alicyclic amines) is 2. The average molecular weight is 421 g/mol. The molecule has 31 heavy (non-hydrogen) atoms. The first kappa shape index (κ1) is 20.2. The molecule has 1 aromatic heterocycles. The Balaban J connectivity index is 1.48. The van der Waals surface area contributed by atoms with E-state index in [2.05, 4.69) is 23.0 Å². The number of halogens is 1. The highest BCUT2D eigenvalue weighted by Crippen LogP contribution is 2.40. The maximum atomic E-state index is 15.0. The van der Waals surface area contributed by atoms with Gasteiger partial charge in [0.05, 0.1) is 12.8 Å². The molecular formula is C25H29FN4O. The van der Waals surface area contributed by atoms with E-state index in [-0.39, 0.29) is 5.82 Å². The highest BCUT2D eigenvalue weighted by molar-refractivity contribution is 5.65. The van der Waals surface area contributed by atoms with Gasteiger partial charge in [-0.2, -0.15) is 5.10 Å². The van der Waals surface area contributed by atoms with Crippen molar-refractivity contribution >= 4 is 0 Å². The minimum Gasteiger partial charge on any atom is -0.497 e. The Bertz CT molecular complexity index is 1070. The van der Waals surface area contributed by atoms with Crippen molar-refractivity contribution < 1.29 is 9.13 Å². The van der Waals surface area contributed by atoms with Crippen molar-refractivity contribution in [3.63, 3.8) is 0 Å². The lowest BCUT2D eigenvalue weighted by atomic mass is 9.86. The molecule has 2 aliphatic heterocycles. The third kappa shape index (κ3) is 3.98. The molecule has 3 heterocycles. The van der Waals surface area contributed by atoms with Crippen molar-refractivity contribution in [3.8, 4) is 22.7 Å². The second-order valence-corrected chi connectivity index (χ2v) is 9.08. The number of rotatable bonds is 5. The number of hydrogen-bond donors (Lipinski definition) is 0. The highest BCUT2D eigenvalue weighted by atomic mass is 19.1. The molecule has 1 spiro atoms. The van der Waals surface area contributed by atoms with Crippen molar-refractivity contribution in [2.45, 2.75) is 19.4 Å². The molecule has 0 radical (unpaired) electrons. The van der Waals surface area contributed by atoms with Crippen LogP contribution in [0.25, 0.3) is 16.9 Å². The number of methoxy groups -OCH3 is 1. The summed E-state index contributed by atoms with van der Waals surface area (Å²) in [6.07, 6.45) is 4.56. The van der Waals surface area contributed by atoms with Gasteiger partial charge in [-0.3, -0.25) is 4.90 Å². The van der Waals surface area contributed by atoms with Gasteiger partial charge in [-0.15, -0.1) is 0 Å². The summed E-state index contributed by atoms with van der Waals surface area (Å²) in [6, 6.07) is 15.0. The second kappa shape index (κ2) is 8.09. The van der Waals surface area contributed by atoms with Gasteiger partial charge >= 0.3 is 0 Å². The van der Waals surface area contributed by atoms with Crippen LogP contribution in [0.2, 0.25) is 0 Å². The molecule has 1 atom stereocenters. The Hall–Kier alpha value is -2.70. The lowest BCUT2D eigenvalue weighted by Gasteiger charge is -2.23.